The van der Waals surface area contributed by atoms with E-state index in [4.69, 9.17) is 4.52 Å². The Kier molecular flexibility index (Phi) is 6.80. The largest absolute Gasteiger partial charge is 0.360 e. The molecule has 2 aromatic heterocycles. The molecule has 1 aliphatic heterocycles. The summed E-state index contributed by atoms with van der Waals surface area (Å²) in [7, 11) is -3.50. The standard InChI is InChI=1S/C21H23N3O4S3/c1-15-13-17(28-22-15)14-30-19-6-3-2-5-18(19)21(25)24-10-8-16(9-11-24)23-31(26,27)20-7-4-12-29-20/h2-7,12-13,16,23H,8-11,14H2,1H3. The van der Waals surface area contributed by atoms with Crippen molar-refractivity contribution < 1.29 is 17.7 Å². The fourth-order valence-electron chi connectivity index (χ4n) is 3.47. The smallest absolute Gasteiger partial charge is 0.254 e. The highest BCUT2D eigenvalue weighted by Crippen LogP contribution is 2.28. The van der Waals surface area contributed by atoms with Crippen molar-refractivity contribution in [2.45, 2.75) is 40.7 Å². The molecule has 0 aliphatic carbocycles. The van der Waals surface area contributed by atoms with Crippen molar-refractivity contribution in [2.75, 3.05) is 13.1 Å². The van der Waals surface area contributed by atoms with Gasteiger partial charge in [0, 0.05) is 30.1 Å². The van der Waals surface area contributed by atoms with E-state index >= 15 is 0 Å². The van der Waals surface area contributed by atoms with Crippen LogP contribution in [0.2, 0.25) is 0 Å². The van der Waals surface area contributed by atoms with Crippen LogP contribution in [0.3, 0.4) is 0 Å². The lowest BCUT2D eigenvalue weighted by Gasteiger charge is -2.32. The van der Waals surface area contributed by atoms with Gasteiger partial charge in [-0.3, -0.25) is 4.79 Å². The Balaban J connectivity index is 1.36. The molecule has 0 spiro atoms. The van der Waals surface area contributed by atoms with Crippen molar-refractivity contribution in [3.05, 3.63) is 64.9 Å². The first-order valence-electron chi connectivity index (χ1n) is 9.91. The van der Waals surface area contributed by atoms with E-state index in [0.717, 1.165) is 16.3 Å². The average Bonchev–Trinajstić information content (AvgIpc) is 3.45. The number of rotatable bonds is 7. The number of piperidine rings is 1. The molecule has 1 aliphatic rings. The Hall–Kier alpha value is -2.14. The average molecular weight is 478 g/mol. The Morgan fingerprint density at radius 3 is 2.71 bits per heavy atom. The van der Waals surface area contributed by atoms with Crippen LogP contribution in [-0.4, -0.2) is 43.5 Å². The number of carbonyl (C=O) groups excluding carboxylic acids is 1. The molecule has 1 fully saturated rings. The maximum Gasteiger partial charge on any atom is 0.254 e. The highest BCUT2D eigenvalue weighted by molar-refractivity contribution is 7.98. The van der Waals surface area contributed by atoms with Gasteiger partial charge in [0.25, 0.3) is 5.91 Å². The lowest BCUT2D eigenvalue weighted by molar-refractivity contribution is 0.0708. The van der Waals surface area contributed by atoms with Gasteiger partial charge in [-0.05, 0) is 43.3 Å². The number of hydrogen-bond donors (Lipinski definition) is 1. The van der Waals surface area contributed by atoms with E-state index in [2.05, 4.69) is 9.88 Å². The van der Waals surface area contributed by atoms with Gasteiger partial charge in [0.2, 0.25) is 10.0 Å². The van der Waals surface area contributed by atoms with Gasteiger partial charge in [-0.15, -0.1) is 23.1 Å². The molecule has 7 nitrogen and oxygen atoms in total. The van der Waals surface area contributed by atoms with Gasteiger partial charge in [-0.2, -0.15) is 0 Å². The minimum Gasteiger partial charge on any atom is -0.360 e. The van der Waals surface area contributed by atoms with E-state index in [-0.39, 0.29) is 11.9 Å². The second kappa shape index (κ2) is 9.56. The maximum atomic E-state index is 13.2. The van der Waals surface area contributed by atoms with E-state index in [1.807, 2.05) is 37.3 Å². The molecule has 10 heteroatoms. The van der Waals surface area contributed by atoms with Gasteiger partial charge in [-0.25, -0.2) is 13.1 Å². The molecule has 0 unspecified atom stereocenters. The van der Waals surface area contributed by atoms with Crippen molar-refractivity contribution in [1.82, 2.24) is 14.8 Å². The summed E-state index contributed by atoms with van der Waals surface area (Å²) in [5.41, 5.74) is 1.49. The van der Waals surface area contributed by atoms with Crippen LogP contribution < -0.4 is 4.72 Å². The molecule has 0 bridgehead atoms. The third-order valence-corrected chi connectivity index (χ3v) is 9.04. The first kappa shape index (κ1) is 22.1. The number of hydrogen-bond acceptors (Lipinski definition) is 7. The molecule has 1 N–H and O–H groups in total. The highest BCUT2D eigenvalue weighted by Gasteiger charge is 2.28. The van der Waals surface area contributed by atoms with Crippen LogP contribution in [0, 0.1) is 6.92 Å². The van der Waals surface area contributed by atoms with Crippen LogP contribution in [-0.2, 0) is 15.8 Å². The molecule has 1 saturated heterocycles. The summed E-state index contributed by atoms with van der Waals surface area (Å²) in [5.74, 6) is 1.33. The van der Waals surface area contributed by atoms with E-state index in [1.165, 1.54) is 11.3 Å². The number of carbonyl (C=O) groups is 1. The fourth-order valence-corrected chi connectivity index (χ4v) is 6.70. The zero-order chi connectivity index (χ0) is 21.8. The van der Waals surface area contributed by atoms with Crippen LogP contribution in [0.25, 0.3) is 0 Å². The number of nitrogens with one attached hydrogen (secondary N) is 1. The molecule has 1 amide bonds. The number of thioether (sulfide) groups is 1. The number of thiophene rings is 1. The summed E-state index contributed by atoms with van der Waals surface area (Å²) in [5, 5.41) is 5.64. The number of likely N-dealkylation sites (tertiary alicyclic amines) is 1. The Labute approximate surface area is 189 Å². The number of amides is 1. The lowest BCUT2D eigenvalue weighted by Crippen LogP contribution is -2.46. The minimum atomic E-state index is -3.50. The quantitative estimate of drug-likeness (QED) is 0.519. The summed E-state index contributed by atoms with van der Waals surface area (Å²) in [4.78, 5) is 15.8. The van der Waals surface area contributed by atoms with Crippen LogP contribution in [0.4, 0.5) is 0 Å². The van der Waals surface area contributed by atoms with Crippen LogP contribution in [0.15, 0.2) is 61.5 Å². The van der Waals surface area contributed by atoms with Crippen LogP contribution >= 0.6 is 23.1 Å². The molecule has 0 atom stereocenters. The first-order valence-corrected chi connectivity index (χ1v) is 13.3. The van der Waals surface area contributed by atoms with E-state index < -0.39 is 10.0 Å². The molecule has 3 heterocycles. The Morgan fingerprint density at radius 2 is 2.03 bits per heavy atom. The minimum absolute atomic E-state index is 0.0311. The van der Waals surface area contributed by atoms with Gasteiger partial charge < -0.3 is 9.42 Å². The predicted octanol–water partition coefficient (Wildman–Crippen LogP) is 3.92. The summed E-state index contributed by atoms with van der Waals surface area (Å²) in [6, 6.07) is 12.6. The van der Waals surface area contributed by atoms with Gasteiger partial charge in [0.05, 0.1) is 17.0 Å². The normalized spacial score (nSPS) is 15.3. The van der Waals surface area contributed by atoms with Crippen LogP contribution in [0.1, 0.15) is 34.7 Å². The third kappa shape index (κ3) is 5.38. The second-order valence-corrected chi connectivity index (χ2v) is 11.2. The topological polar surface area (TPSA) is 92.5 Å². The SMILES string of the molecule is Cc1cc(CSc2ccccc2C(=O)N2CCC(NS(=O)(=O)c3cccs3)CC2)on1. The second-order valence-electron chi connectivity index (χ2n) is 7.34. The van der Waals surface area contributed by atoms with Crippen molar-refractivity contribution >= 4 is 39.0 Å². The Bertz CT molecular complexity index is 1130. The number of nitrogens with zero attached hydrogens (tertiary/aromatic N) is 2. The lowest BCUT2D eigenvalue weighted by atomic mass is 10.0. The summed E-state index contributed by atoms with van der Waals surface area (Å²) in [6.45, 7) is 2.90. The molecule has 31 heavy (non-hydrogen) atoms. The summed E-state index contributed by atoms with van der Waals surface area (Å²) in [6.07, 6.45) is 1.17. The number of sulfonamides is 1. The fraction of sp³-hybridized carbons (Fsp3) is 0.333. The zero-order valence-electron chi connectivity index (χ0n) is 17.0. The molecule has 0 radical (unpaired) electrons. The van der Waals surface area contributed by atoms with Crippen molar-refractivity contribution in [2.24, 2.45) is 0 Å². The molecule has 1 aromatic carbocycles. The van der Waals surface area contributed by atoms with E-state index in [9.17, 15) is 13.2 Å². The molecule has 0 saturated carbocycles. The Morgan fingerprint density at radius 1 is 1.26 bits per heavy atom. The number of aryl methyl sites for hydroxylation is 1. The molecular weight excluding hydrogens is 454 g/mol. The van der Waals surface area contributed by atoms with Gasteiger partial charge in [0.1, 0.15) is 9.97 Å². The van der Waals surface area contributed by atoms with E-state index in [1.54, 1.807) is 34.2 Å². The van der Waals surface area contributed by atoms with Crippen LogP contribution in [0.5, 0.6) is 0 Å². The predicted molar refractivity (Wildman–Crippen MR) is 121 cm³/mol. The van der Waals surface area contributed by atoms with Gasteiger partial charge in [-0.1, -0.05) is 23.4 Å². The molecular formula is C21H23N3O4S3. The number of benzene rings is 1. The first-order chi connectivity index (χ1) is 14.9. The zero-order valence-corrected chi connectivity index (χ0v) is 19.4. The molecule has 3 aromatic rings. The van der Waals surface area contributed by atoms with Gasteiger partial charge in [0.15, 0.2) is 0 Å². The maximum absolute atomic E-state index is 13.2. The van der Waals surface area contributed by atoms with Gasteiger partial charge >= 0.3 is 0 Å². The third-order valence-electron chi connectivity index (χ3n) is 5.03. The summed E-state index contributed by atoms with van der Waals surface area (Å²) >= 11 is 2.74. The molecule has 4 rings (SSSR count). The summed E-state index contributed by atoms with van der Waals surface area (Å²) < 4.78 is 33.2. The van der Waals surface area contributed by atoms with Crippen molar-refractivity contribution in [3.8, 4) is 0 Å². The van der Waals surface area contributed by atoms with Crippen molar-refractivity contribution in [1.29, 1.82) is 0 Å². The van der Waals surface area contributed by atoms with E-state index in [0.29, 0.717) is 41.5 Å². The highest BCUT2D eigenvalue weighted by atomic mass is 32.2. The monoisotopic (exact) mass is 477 g/mol. The molecule has 164 valence electrons. The van der Waals surface area contributed by atoms with Crippen molar-refractivity contribution in [3.63, 3.8) is 0 Å². The number of aromatic nitrogens is 1.